The van der Waals surface area contributed by atoms with Crippen LogP contribution in [0.1, 0.15) is 41.6 Å². The fourth-order valence-electron chi connectivity index (χ4n) is 3.16. The second-order valence-electron chi connectivity index (χ2n) is 6.60. The molecule has 1 heterocycles. The number of carbonyl (C=O) groups is 1. The van der Waals surface area contributed by atoms with Crippen molar-refractivity contribution in [2.45, 2.75) is 19.9 Å². The maximum Gasteiger partial charge on any atom is 0.252 e. The van der Waals surface area contributed by atoms with E-state index < -0.39 is 6.04 Å². The van der Waals surface area contributed by atoms with Gasteiger partial charge in [0.25, 0.3) is 5.91 Å². The molecule has 0 aliphatic carbocycles. The highest BCUT2D eigenvalue weighted by atomic mass is 16.5. The monoisotopic (exact) mass is 409 g/mol. The van der Waals surface area contributed by atoms with Gasteiger partial charge in [0.2, 0.25) is 0 Å². The molecule has 0 saturated carbocycles. The number of methoxy groups -OCH3 is 1. The molecule has 3 rings (SSSR count). The van der Waals surface area contributed by atoms with E-state index in [0.717, 1.165) is 17.1 Å². The van der Waals surface area contributed by atoms with Crippen molar-refractivity contribution in [3.63, 3.8) is 0 Å². The third-order valence-corrected chi connectivity index (χ3v) is 4.65. The lowest BCUT2D eigenvalue weighted by Gasteiger charge is -2.20. The van der Waals surface area contributed by atoms with Crippen LogP contribution in [-0.2, 0) is 7.05 Å². The van der Waals surface area contributed by atoms with Gasteiger partial charge >= 0.3 is 0 Å². The number of nitrogens with one attached hydrogen (secondary N) is 1. The number of rotatable bonds is 9. The molecule has 0 radical (unpaired) electrons. The summed E-state index contributed by atoms with van der Waals surface area (Å²) in [7, 11) is 3.52. The molecule has 0 bridgehead atoms. The molecule has 1 N–H and O–H groups in total. The van der Waals surface area contributed by atoms with Gasteiger partial charge in [0.15, 0.2) is 11.5 Å². The van der Waals surface area contributed by atoms with Crippen LogP contribution in [0.3, 0.4) is 0 Å². The van der Waals surface area contributed by atoms with Gasteiger partial charge in [-0.15, -0.1) is 0 Å². The summed E-state index contributed by atoms with van der Waals surface area (Å²) in [5.74, 6) is 2.40. The third kappa shape index (κ3) is 4.74. The molecule has 158 valence electrons. The van der Waals surface area contributed by atoms with E-state index in [1.54, 1.807) is 31.5 Å². The average molecular weight is 409 g/mol. The molecule has 0 fully saturated rings. The third-order valence-electron chi connectivity index (χ3n) is 4.65. The summed E-state index contributed by atoms with van der Waals surface area (Å²) in [5.41, 5.74) is 1.38. The lowest BCUT2D eigenvalue weighted by atomic mass is 10.0. The maximum atomic E-state index is 13.1. The second kappa shape index (κ2) is 9.82. The van der Waals surface area contributed by atoms with E-state index in [0.29, 0.717) is 30.3 Å². The maximum absolute atomic E-state index is 13.1. The first-order valence-electron chi connectivity index (χ1n) is 9.89. The SMILES string of the molecule is CCOc1ccc(C(=O)NC(c2ccc(OC)cc2)c2nccn2C)cc1OCC. The van der Waals surface area contributed by atoms with Crippen LogP contribution in [-0.4, -0.2) is 35.8 Å². The van der Waals surface area contributed by atoms with Gasteiger partial charge in [-0.2, -0.15) is 0 Å². The minimum atomic E-state index is -0.425. The van der Waals surface area contributed by atoms with Crippen molar-refractivity contribution in [1.82, 2.24) is 14.9 Å². The Morgan fingerprint density at radius 2 is 1.77 bits per heavy atom. The van der Waals surface area contributed by atoms with E-state index in [1.807, 2.05) is 55.9 Å². The van der Waals surface area contributed by atoms with Crippen molar-refractivity contribution < 1.29 is 19.0 Å². The van der Waals surface area contributed by atoms with Crippen LogP contribution in [0.15, 0.2) is 54.9 Å². The summed E-state index contributed by atoms with van der Waals surface area (Å²) in [6.07, 6.45) is 3.56. The van der Waals surface area contributed by atoms with E-state index >= 15 is 0 Å². The Morgan fingerprint density at radius 3 is 2.37 bits per heavy atom. The van der Waals surface area contributed by atoms with Crippen LogP contribution in [0.2, 0.25) is 0 Å². The number of aromatic nitrogens is 2. The minimum Gasteiger partial charge on any atom is -0.497 e. The Morgan fingerprint density at radius 1 is 1.07 bits per heavy atom. The fourth-order valence-corrected chi connectivity index (χ4v) is 3.16. The number of carbonyl (C=O) groups excluding carboxylic acids is 1. The molecule has 0 aliphatic rings. The average Bonchev–Trinajstić information content (AvgIpc) is 3.19. The topological polar surface area (TPSA) is 74.6 Å². The second-order valence-corrected chi connectivity index (χ2v) is 6.60. The van der Waals surface area contributed by atoms with Gasteiger partial charge in [0.1, 0.15) is 17.6 Å². The molecule has 2 aromatic carbocycles. The van der Waals surface area contributed by atoms with E-state index in [2.05, 4.69) is 10.3 Å². The highest BCUT2D eigenvalue weighted by molar-refractivity contribution is 5.95. The zero-order chi connectivity index (χ0) is 21.5. The zero-order valence-electron chi connectivity index (χ0n) is 17.7. The van der Waals surface area contributed by atoms with E-state index in [-0.39, 0.29) is 5.91 Å². The van der Waals surface area contributed by atoms with Gasteiger partial charge in [-0.25, -0.2) is 4.98 Å². The first-order chi connectivity index (χ1) is 14.6. The lowest BCUT2D eigenvalue weighted by molar-refractivity contribution is 0.0940. The number of nitrogens with zero attached hydrogens (tertiary/aromatic N) is 2. The van der Waals surface area contributed by atoms with Gasteiger partial charge < -0.3 is 24.1 Å². The van der Waals surface area contributed by atoms with Crippen molar-refractivity contribution in [1.29, 1.82) is 0 Å². The van der Waals surface area contributed by atoms with Crippen LogP contribution in [0.5, 0.6) is 17.2 Å². The number of ether oxygens (including phenoxy) is 3. The fraction of sp³-hybridized carbons (Fsp3) is 0.304. The first kappa shape index (κ1) is 21.2. The van der Waals surface area contributed by atoms with Crippen molar-refractivity contribution in [2.24, 2.45) is 7.05 Å². The minimum absolute atomic E-state index is 0.234. The molecule has 1 amide bonds. The zero-order valence-corrected chi connectivity index (χ0v) is 17.7. The summed E-state index contributed by atoms with van der Waals surface area (Å²) in [4.78, 5) is 17.6. The van der Waals surface area contributed by atoms with Crippen LogP contribution in [0.4, 0.5) is 0 Å². The standard InChI is InChI=1S/C23H27N3O4/c1-5-29-19-12-9-17(15-20(19)30-6-2)23(27)25-21(22-24-13-14-26(22)3)16-7-10-18(28-4)11-8-16/h7-15,21H,5-6H2,1-4H3,(H,25,27). The Bertz CT molecular complexity index is 982. The van der Waals surface area contributed by atoms with Gasteiger partial charge in [-0.1, -0.05) is 12.1 Å². The largest absolute Gasteiger partial charge is 0.497 e. The normalized spacial score (nSPS) is 11.6. The molecule has 30 heavy (non-hydrogen) atoms. The summed E-state index contributed by atoms with van der Waals surface area (Å²) < 4.78 is 18.4. The predicted molar refractivity (Wildman–Crippen MR) is 114 cm³/mol. The Balaban J connectivity index is 1.91. The summed E-state index contributed by atoms with van der Waals surface area (Å²) in [6, 6.07) is 12.3. The van der Waals surface area contributed by atoms with Crippen molar-refractivity contribution >= 4 is 5.91 Å². The summed E-state index contributed by atoms with van der Waals surface area (Å²) in [5, 5.41) is 3.09. The highest BCUT2D eigenvalue weighted by Gasteiger charge is 2.22. The lowest BCUT2D eigenvalue weighted by Crippen LogP contribution is -2.31. The van der Waals surface area contributed by atoms with Crippen LogP contribution >= 0.6 is 0 Å². The Hall–Kier alpha value is -3.48. The number of hydrogen-bond donors (Lipinski definition) is 1. The van der Waals surface area contributed by atoms with Crippen molar-refractivity contribution in [3.05, 3.63) is 71.8 Å². The van der Waals surface area contributed by atoms with Gasteiger partial charge in [0.05, 0.1) is 20.3 Å². The first-order valence-corrected chi connectivity index (χ1v) is 9.89. The number of benzene rings is 2. The number of imidazole rings is 1. The molecule has 0 saturated heterocycles. The molecule has 3 aromatic rings. The molecule has 1 atom stereocenters. The van der Waals surface area contributed by atoms with Crippen molar-refractivity contribution in [2.75, 3.05) is 20.3 Å². The smallest absolute Gasteiger partial charge is 0.252 e. The summed E-state index contributed by atoms with van der Waals surface area (Å²) >= 11 is 0. The van der Waals surface area contributed by atoms with Crippen molar-refractivity contribution in [3.8, 4) is 17.2 Å². The van der Waals surface area contributed by atoms with Crippen LogP contribution in [0.25, 0.3) is 0 Å². The molecular formula is C23H27N3O4. The van der Waals surface area contributed by atoms with E-state index in [9.17, 15) is 4.79 Å². The summed E-state index contributed by atoms with van der Waals surface area (Å²) in [6.45, 7) is 4.79. The number of amides is 1. The molecule has 7 heteroatoms. The molecule has 7 nitrogen and oxygen atoms in total. The van der Waals surface area contributed by atoms with E-state index in [1.165, 1.54) is 0 Å². The van der Waals surface area contributed by atoms with Gasteiger partial charge in [-0.05, 0) is 49.7 Å². The predicted octanol–water partition coefficient (Wildman–Crippen LogP) is 3.75. The molecule has 1 aromatic heterocycles. The Labute approximate surface area is 176 Å². The molecule has 1 unspecified atom stereocenters. The quantitative estimate of drug-likeness (QED) is 0.583. The Kier molecular flexibility index (Phi) is 6.95. The van der Waals surface area contributed by atoms with Crippen LogP contribution in [0, 0.1) is 0 Å². The highest BCUT2D eigenvalue weighted by Crippen LogP contribution is 2.29. The molecule has 0 spiro atoms. The number of aryl methyl sites for hydroxylation is 1. The van der Waals surface area contributed by atoms with Gasteiger partial charge in [0, 0.05) is 25.0 Å². The van der Waals surface area contributed by atoms with E-state index in [4.69, 9.17) is 14.2 Å². The van der Waals surface area contributed by atoms with Crippen LogP contribution < -0.4 is 19.5 Å². The van der Waals surface area contributed by atoms with Gasteiger partial charge in [-0.3, -0.25) is 4.79 Å². The number of hydrogen-bond acceptors (Lipinski definition) is 5. The molecular weight excluding hydrogens is 382 g/mol. The molecule has 0 aliphatic heterocycles.